The second-order valence-electron chi connectivity index (χ2n) is 3.22. The third-order valence-electron chi connectivity index (χ3n) is 2.02. The van der Waals surface area contributed by atoms with Crippen LogP contribution >= 0.6 is 11.8 Å². The predicted molar refractivity (Wildman–Crippen MR) is 71.7 cm³/mol. The molecule has 0 saturated heterocycles. The van der Waals surface area contributed by atoms with Gasteiger partial charge < -0.3 is 11.1 Å². The Morgan fingerprint density at radius 3 is 2.75 bits per heavy atom. The lowest BCUT2D eigenvalue weighted by atomic mass is 10.2. The maximum Gasteiger partial charge on any atom is 0.189 e. The van der Waals surface area contributed by atoms with E-state index in [1.54, 1.807) is 17.8 Å². The van der Waals surface area contributed by atoms with E-state index < -0.39 is 0 Å². The van der Waals surface area contributed by atoms with Crippen LogP contribution in [-0.4, -0.2) is 18.8 Å². The van der Waals surface area contributed by atoms with E-state index in [9.17, 15) is 0 Å². The number of hydrogen-bond donors (Lipinski definition) is 2. The van der Waals surface area contributed by atoms with Crippen molar-refractivity contribution in [2.75, 3.05) is 12.8 Å². The van der Waals surface area contributed by atoms with E-state index >= 15 is 0 Å². The predicted octanol–water partition coefficient (Wildman–Crippen LogP) is 2.00. The van der Waals surface area contributed by atoms with Crippen LogP contribution in [0.1, 0.15) is 5.56 Å². The molecule has 4 heteroatoms. The summed E-state index contributed by atoms with van der Waals surface area (Å²) in [5.74, 6) is 0.453. The summed E-state index contributed by atoms with van der Waals surface area (Å²) in [5.41, 5.74) is 6.80. The number of benzene rings is 1. The Morgan fingerprint density at radius 1 is 1.50 bits per heavy atom. The zero-order valence-corrected chi connectivity index (χ0v) is 10.3. The lowest BCUT2D eigenvalue weighted by molar-refractivity contribution is 0.969. The molecule has 3 N–H and O–H groups in total. The molecule has 0 atom stereocenters. The minimum absolute atomic E-state index is 0.453. The Bertz CT molecular complexity index is 357. The summed E-state index contributed by atoms with van der Waals surface area (Å²) in [6, 6.07) is 8.30. The second-order valence-corrected chi connectivity index (χ2v) is 4.10. The Morgan fingerprint density at radius 2 is 2.19 bits per heavy atom. The van der Waals surface area contributed by atoms with E-state index in [4.69, 9.17) is 5.73 Å². The number of thioether (sulfide) groups is 1. The van der Waals surface area contributed by atoms with Crippen LogP contribution in [0.2, 0.25) is 0 Å². The summed E-state index contributed by atoms with van der Waals surface area (Å²) in [7, 11) is 0. The SMILES string of the molecule is C=CCNC(N)=NCc1ccc(SC)cc1. The minimum atomic E-state index is 0.453. The van der Waals surface area contributed by atoms with Gasteiger partial charge >= 0.3 is 0 Å². The van der Waals surface area contributed by atoms with Crippen molar-refractivity contribution < 1.29 is 0 Å². The highest BCUT2D eigenvalue weighted by Crippen LogP contribution is 2.15. The van der Waals surface area contributed by atoms with Gasteiger partial charge in [0.05, 0.1) is 6.54 Å². The molecular weight excluding hydrogens is 218 g/mol. The highest BCUT2D eigenvalue weighted by molar-refractivity contribution is 7.98. The van der Waals surface area contributed by atoms with Crippen LogP contribution in [0.25, 0.3) is 0 Å². The summed E-state index contributed by atoms with van der Waals surface area (Å²) < 4.78 is 0. The molecule has 3 nitrogen and oxygen atoms in total. The van der Waals surface area contributed by atoms with Crippen molar-refractivity contribution in [3.63, 3.8) is 0 Å². The Hall–Kier alpha value is -1.42. The maximum atomic E-state index is 5.65. The van der Waals surface area contributed by atoms with Gasteiger partial charge in [0.25, 0.3) is 0 Å². The fourth-order valence-corrected chi connectivity index (χ4v) is 1.55. The minimum Gasteiger partial charge on any atom is -0.370 e. The van der Waals surface area contributed by atoms with E-state index in [1.807, 2.05) is 0 Å². The number of aliphatic imine (C=N–C) groups is 1. The van der Waals surface area contributed by atoms with Crippen LogP contribution in [0, 0.1) is 0 Å². The normalized spacial score (nSPS) is 11.2. The van der Waals surface area contributed by atoms with Crippen LogP contribution in [0.3, 0.4) is 0 Å². The fourth-order valence-electron chi connectivity index (χ4n) is 1.14. The van der Waals surface area contributed by atoms with Crippen molar-refractivity contribution in [3.05, 3.63) is 42.5 Å². The van der Waals surface area contributed by atoms with Gasteiger partial charge in [-0.05, 0) is 24.0 Å². The van der Waals surface area contributed by atoms with Gasteiger partial charge in [-0.25, -0.2) is 4.99 Å². The number of nitrogens with zero attached hydrogens (tertiary/aromatic N) is 1. The average Bonchev–Trinajstić information content (AvgIpc) is 2.34. The first kappa shape index (κ1) is 12.6. The van der Waals surface area contributed by atoms with Gasteiger partial charge in [-0.15, -0.1) is 18.3 Å². The molecule has 0 aliphatic heterocycles. The van der Waals surface area contributed by atoms with Crippen molar-refractivity contribution in [1.29, 1.82) is 0 Å². The van der Waals surface area contributed by atoms with Gasteiger partial charge in [-0.1, -0.05) is 18.2 Å². The molecule has 0 fully saturated rings. The van der Waals surface area contributed by atoms with Gasteiger partial charge in [-0.3, -0.25) is 0 Å². The summed E-state index contributed by atoms with van der Waals surface area (Å²) in [5, 5.41) is 2.93. The highest BCUT2D eigenvalue weighted by atomic mass is 32.2. The number of nitrogens with one attached hydrogen (secondary N) is 1. The molecule has 1 aromatic rings. The number of rotatable bonds is 5. The number of nitrogens with two attached hydrogens (primary N) is 1. The molecule has 1 rings (SSSR count). The second kappa shape index (κ2) is 6.95. The molecule has 16 heavy (non-hydrogen) atoms. The van der Waals surface area contributed by atoms with E-state index in [0.29, 0.717) is 19.0 Å². The van der Waals surface area contributed by atoms with Crippen LogP contribution in [0.15, 0.2) is 46.8 Å². The first-order valence-corrected chi connectivity index (χ1v) is 6.26. The van der Waals surface area contributed by atoms with Gasteiger partial charge in [0.2, 0.25) is 0 Å². The number of hydrogen-bond acceptors (Lipinski definition) is 2. The Kier molecular flexibility index (Phi) is 5.50. The quantitative estimate of drug-likeness (QED) is 0.355. The molecule has 0 bridgehead atoms. The van der Waals surface area contributed by atoms with E-state index in [0.717, 1.165) is 5.56 Å². The van der Waals surface area contributed by atoms with Gasteiger partial charge in [0, 0.05) is 11.4 Å². The fraction of sp³-hybridized carbons (Fsp3) is 0.250. The average molecular weight is 235 g/mol. The van der Waals surface area contributed by atoms with Crippen molar-refractivity contribution >= 4 is 17.7 Å². The van der Waals surface area contributed by atoms with Crippen molar-refractivity contribution in [3.8, 4) is 0 Å². The van der Waals surface area contributed by atoms with Crippen LogP contribution in [-0.2, 0) is 6.54 Å². The molecule has 0 aliphatic carbocycles. The molecule has 0 aromatic heterocycles. The highest BCUT2D eigenvalue weighted by Gasteiger charge is 1.93. The summed E-state index contributed by atoms with van der Waals surface area (Å²) in [4.78, 5) is 5.47. The van der Waals surface area contributed by atoms with Crippen molar-refractivity contribution in [2.24, 2.45) is 10.7 Å². The van der Waals surface area contributed by atoms with Gasteiger partial charge in [0.1, 0.15) is 0 Å². The van der Waals surface area contributed by atoms with E-state index in [-0.39, 0.29) is 0 Å². The Balaban J connectivity index is 2.49. The standard InChI is InChI=1S/C12H17N3S/c1-3-8-14-12(13)15-9-10-4-6-11(16-2)7-5-10/h3-7H,1,8-9H2,2H3,(H3,13,14,15). The van der Waals surface area contributed by atoms with E-state index in [1.165, 1.54) is 4.90 Å². The molecule has 0 radical (unpaired) electrons. The molecule has 0 heterocycles. The molecule has 0 amide bonds. The zero-order valence-electron chi connectivity index (χ0n) is 9.44. The first-order valence-electron chi connectivity index (χ1n) is 5.04. The Labute approximate surface area is 101 Å². The molecule has 86 valence electrons. The first-order chi connectivity index (χ1) is 7.76. The van der Waals surface area contributed by atoms with Crippen molar-refractivity contribution in [1.82, 2.24) is 5.32 Å². The van der Waals surface area contributed by atoms with Crippen LogP contribution in [0.4, 0.5) is 0 Å². The lowest BCUT2D eigenvalue weighted by Gasteiger charge is -2.03. The van der Waals surface area contributed by atoms with Gasteiger partial charge in [0.15, 0.2) is 5.96 Å². The summed E-state index contributed by atoms with van der Waals surface area (Å²) in [6.07, 6.45) is 3.81. The zero-order chi connectivity index (χ0) is 11.8. The van der Waals surface area contributed by atoms with Crippen LogP contribution < -0.4 is 11.1 Å². The summed E-state index contributed by atoms with van der Waals surface area (Å²) in [6.45, 7) is 4.84. The molecular formula is C12H17N3S. The molecule has 1 aromatic carbocycles. The topological polar surface area (TPSA) is 50.4 Å². The third kappa shape index (κ3) is 4.40. The number of guanidine groups is 1. The molecule has 0 saturated carbocycles. The molecule has 0 aliphatic rings. The maximum absolute atomic E-state index is 5.65. The third-order valence-corrected chi connectivity index (χ3v) is 2.76. The monoisotopic (exact) mass is 235 g/mol. The van der Waals surface area contributed by atoms with Crippen LogP contribution in [0.5, 0.6) is 0 Å². The summed E-state index contributed by atoms with van der Waals surface area (Å²) >= 11 is 1.73. The van der Waals surface area contributed by atoms with Crippen molar-refractivity contribution in [2.45, 2.75) is 11.4 Å². The molecule has 0 unspecified atom stereocenters. The lowest BCUT2D eigenvalue weighted by Crippen LogP contribution is -2.31. The van der Waals surface area contributed by atoms with Gasteiger partial charge in [-0.2, -0.15) is 0 Å². The smallest absolute Gasteiger partial charge is 0.189 e. The largest absolute Gasteiger partial charge is 0.370 e. The van der Waals surface area contributed by atoms with E-state index in [2.05, 4.69) is 47.4 Å². The molecule has 0 spiro atoms.